The first-order chi connectivity index (χ1) is 14.4. The van der Waals surface area contributed by atoms with Gasteiger partial charge in [-0.2, -0.15) is 0 Å². The Morgan fingerprint density at radius 2 is 1.83 bits per heavy atom. The topological polar surface area (TPSA) is 102 Å². The molecule has 0 bridgehead atoms. The summed E-state index contributed by atoms with van der Waals surface area (Å²) in [5, 5.41) is 0. The van der Waals surface area contributed by atoms with Crippen LogP contribution in [-0.2, 0) is 24.4 Å². The Balaban J connectivity index is 1.90. The van der Waals surface area contributed by atoms with E-state index in [1.807, 2.05) is 45.0 Å². The number of esters is 1. The second kappa shape index (κ2) is 8.98. The highest BCUT2D eigenvalue weighted by molar-refractivity contribution is 5.89. The standard InChI is InChI=1S/C21H27N5O4/c1-5-7-12-26-18-17(19(27)23-21(26)29)25(6-2)16(22-18)13-30-20(28)14-8-10-15(11-9-14)24(3)4/h8-11H,5-7,12-13H2,1-4H3,(H,23,27,29). The number of carbonyl (C=O) groups excluding carboxylic acids is 1. The first-order valence-corrected chi connectivity index (χ1v) is 10.0. The highest BCUT2D eigenvalue weighted by Gasteiger charge is 2.19. The third-order valence-corrected chi connectivity index (χ3v) is 4.97. The van der Waals surface area contributed by atoms with Crippen molar-refractivity contribution in [3.05, 3.63) is 56.5 Å². The Bertz CT molecular complexity index is 1160. The molecule has 1 N–H and O–H groups in total. The predicted molar refractivity (Wildman–Crippen MR) is 115 cm³/mol. The van der Waals surface area contributed by atoms with Gasteiger partial charge in [-0.15, -0.1) is 0 Å². The molecule has 0 aliphatic heterocycles. The van der Waals surface area contributed by atoms with Gasteiger partial charge in [0, 0.05) is 32.9 Å². The number of fused-ring (bicyclic) bond motifs is 1. The lowest BCUT2D eigenvalue weighted by Crippen LogP contribution is -2.31. The van der Waals surface area contributed by atoms with Crippen LogP contribution in [0.5, 0.6) is 0 Å². The molecule has 1 aromatic carbocycles. The van der Waals surface area contributed by atoms with E-state index in [-0.39, 0.29) is 6.61 Å². The molecule has 2 aromatic heterocycles. The van der Waals surface area contributed by atoms with Gasteiger partial charge in [0.05, 0.1) is 5.56 Å². The van der Waals surface area contributed by atoms with Crippen molar-refractivity contribution in [3.8, 4) is 0 Å². The van der Waals surface area contributed by atoms with Gasteiger partial charge in [-0.1, -0.05) is 13.3 Å². The van der Waals surface area contributed by atoms with Crippen LogP contribution in [0.4, 0.5) is 5.69 Å². The van der Waals surface area contributed by atoms with E-state index >= 15 is 0 Å². The van der Waals surface area contributed by atoms with Crippen molar-refractivity contribution in [2.45, 2.75) is 46.4 Å². The van der Waals surface area contributed by atoms with E-state index in [0.717, 1.165) is 18.5 Å². The summed E-state index contributed by atoms with van der Waals surface area (Å²) in [7, 11) is 3.84. The summed E-state index contributed by atoms with van der Waals surface area (Å²) in [6, 6.07) is 7.08. The first kappa shape index (κ1) is 21.4. The smallest absolute Gasteiger partial charge is 0.338 e. The molecule has 0 aliphatic carbocycles. The number of aryl methyl sites for hydroxylation is 2. The van der Waals surface area contributed by atoms with Gasteiger partial charge in [-0.25, -0.2) is 14.6 Å². The number of nitrogens with zero attached hydrogens (tertiary/aromatic N) is 4. The number of nitrogens with one attached hydrogen (secondary N) is 1. The maximum Gasteiger partial charge on any atom is 0.338 e. The van der Waals surface area contributed by atoms with E-state index in [4.69, 9.17) is 4.74 Å². The Labute approximate surface area is 173 Å². The zero-order valence-electron chi connectivity index (χ0n) is 17.8. The molecule has 0 aliphatic rings. The number of aromatic nitrogens is 4. The maximum atomic E-state index is 12.4. The van der Waals surface area contributed by atoms with Crippen molar-refractivity contribution in [1.82, 2.24) is 19.1 Å². The Kier molecular flexibility index (Phi) is 6.39. The molecule has 0 unspecified atom stereocenters. The quantitative estimate of drug-likeness (QED) is 0.568. The summed E-state index contributed by atoms with van der Waals surface area (Å²) in [4.78, 5) is 45.9. The van der Waals surface area contributed by atoms with E-state index < -0.39 is 17.2 Å². The van der Waals surface area contributed by atoms with Gasteiger partial charge in [0.1, 0.15) is 12.4 Å². The molecule has 2 heterocycles. The number of benzene rings is 1. The van der Waals surface area contributed by atoms with Crippen LogP contribution in [0.15, 0.2) is 33.9 Å². The molecular weight excluding hydrogens is 386 g/mol. The lowest BCUT2D eigenvalue weighted by molar-refractivity contribution is 0.0458. The van der Waals surface area contributed by atoms with Gasteiger partial charge < -0.3 is 14.2 Å². The summed E-state index contributed by atoms with van der Waals surface area (Å²) in [5.41, 5.74) is 1.07. The third kappa shape index (κ3) is 4.14. The van der Waals surface area contributed by atoms with Crippen LogP contribution in [0, 0.1) is 0 Å². The van der Waals surface area contributed by atoms with Crippen molar-refractivity contribution in [3.63, 3.8) is 0 Å². The second-order valence-electron chi connectivity index (χ2n) is 7.23. The van der Waals surface area contributed by atoms with E-state index in [1.165, 1.54) is 4.57 Å². The molecule has 0 saturated heterocycles. The zero-order valence-corrected chi connectivity index (χ0v) is 17.8. The summed E-state index contributed by atoms with van der Waals surface area (Å²) >= 11 is 0. The van der Waals surface area contributed by atoms with Crippen LogP contribution in [-0.4, -0.2) is 39.2 Å². The molecule has 0 atom stereocenters. The maximum absolute atomic E-state index is 12.4. The second-order valence-corrected chi connectivity index (χ2v) is 7.23. The van der Waals surface area contributed by atoms with E-state index in [2.05, 4.69) is 9.97 Å². The van der Waals surface area contributed by atoms with Crippen molar-refractivity contribution >= 4 is 22.8 Å². The number of hydrogen-bond acceptors (Lipinski definition) is 6. The number of carbonyl (C=O) groups is 1. The summed E-state index contributed by atoms with van der Waals surface area (Å²) in [6.45, 7) is 4.71. The largest absolute Gasteiger partial charge is 0.454 e. The van der Waals surface area contributed by atoms with Crippen LogP contribution in [0.1, 0.15) is 42.9 Å². The predicted octanol–water partition coefficient (Wildman–Crippen LogP) is 2.13. The third-order valence-electron chi connectivity index (χ3n) is 4.97. The fourth-order valence-electron chi connectivity index (χ4n) is 3.30. The normalized spacial score (nSPS) is 11.1. The number of rotatable bonds is 8. The van der Waals surface area contributed by atoms with Gasteiger partial charge in [0.25, 0.3) is 5.56 Å². The zero-order chi connectivity index (χ0) is 21.8. The van der Waals surface area contributed by atoms with Crippen LogP contribution >= 0.6 is 0 Å². The number of aromatic amines is 1. The molecule has 3 rings (SSSR count). The Morgan fingerprint density at radius 1 is 1.13 bits per heavy atom. The van der Waals surface area contributed by atoms with Crippen molar-refractivity contribution in [2.24, 2.45) is 0 Å². The summed E-state index contributed by atoms with van der Waals surface area (Å²) in [6.07, 6.45) is 1.69. The average Bonchev–Trinajstić information content (AvgIpc) is 3.10. The fraction of sp³-hybridized carbons (Fsp3) is 0.429. The molecule has 30 heavy (non-hydrogen) atoms. The lowest BCUT2D eigenvalue weighted by atomic mass is 10.2. The molecule has 9 nitrogen and oxygen atoms in total. The van der Waals surface area contributed by atoms with Crippen LogP contribution in [0.25, 0.3) is 11.2 Å². The van der Waals surface area contributed by atoms with Crippen LogP contribution in [0.3, 0.4) is 0 Å². The molecule has 0 radical (unpaired) electrons. The van der Waals surface area contributed by atoms with Crippen molar-refractivity contribution in [2.75, 3.05) is 19.0 Å². The molecular formula is C21H27N5O4. The average molecular weight is 413 g/mol. The first-order valence-electron chi connectivity index (χ1n) is 10.0. The van der Waals surface area contributed by atoms with E-state index in [1.54, 1.807) is 16.7 Å². The molecule has 0 amide bonds. The molecule has 0 fully saturated rings. The van der Waals surface area contributed by atoms with Gasteiger partial charge in [0.15, 0.2) is 11.2 Å². The summed E-state index contributed by atoms with van der Waals surface area (Å²) < 4.78 is 8.59. The van der Waals surface area contributed by atoms with Crippen LogP contribution < -0.4 is 16.1 Å². The molecule has 3 aromatic rings. The monoisotopic (exact) mass is 413 g/mol. The molecule has 9 heteroatoms. The fourth-order valence-corrected chi connectivity index (χ4v) is 3.30. The lowest BCUT2D eigenvalue weighted by Gasteiger charge is -2.12. The SMILES string of the molecule is CCCCn1c(=O)[nH]c(=O)c2c1nc(COC(=O)c1ccc(N(C)C)cc1)n2CC. The van der Waals surface area contributed by atoms with E-state index in [9.17, 15) is 14.4 Å². The minimum absolute atomic E-state index is 0.0990. The number of anilines is 1. The number of ether oxygens (including phenoxy) is 1. The van der Waals surface area contributed by atoms with Crippen molar-refractivity contribution in [1.29, 1.82) is 0 Å². The van der Waals surface area contributed by atoms with Gasteiger partial charge in [-0.3, -0.25) is 14.3 Å². The van der Waals surface area contributed by atoms with Gasteiger partial charge >= 0.3 is 11.7 Å². The number of imidazole rings is 1. The number of H-pyrrole nitrogens is 1. The highest BCUT2D eigenvalue weighted by atomic mass is 16.5. The minimum Gasteiger partial charge on any atom is -0.454 e. The highest BCUT2D eigenvalue weighted by Crippen LogP contribution is 2.16. The summed E-state index contributed by atoms with van der Waals surface area (Å²) in [5.74, 6) is -0.0561. The van der Waals surface area contributed by atoms with Crippen molar-refractivity contribution < 1.29 is 9.53 Å². The Morgan fingerprint density at radius 3 is 2.43 bits per heavy atom. The Hall–Kier alpha value is -3.36. The molecule has 0 spiro atoms. The molecule has 0 saturated carbocycles. The number of unbranched alkanes of at least 4 members (excludes halogenated alkanes) is 1. The minimum atomic E-state index is -0.492. The van der Waals surface area contributed by atoms with E-state index in [0.29, 0.717) is 35.6 Å². The molecule has 160 valence electrons. The number of hydrogen-bond donors (Lipinski definition) is 1. The van der Waals surface area contributed by atoms with Gasteiger partial charge in [0.2, 0.25) is 0 Å². The van der Waals surface area contributed by atoms with Crippen LogP contribution in [0.2, 0.25) is 0 Å². The van der Waals surface area contributed by atoms with Gasteiger partial charge in [-0.05, 0) is 37.6 Å².